The highest BCUT2D eigenvalue weighted by Crippen LogP contribution is 2.14. The second kappa shape index (κ2) is 4.24. The molecule has 0 saturated carbocycles. The maximum Gasteiger partial charge on any atom is 0.0309 e. The van der Waals surface area contributed by atoms with E-state index in [9.17, 15) is 0 Å². The Morgan fingerprint density at radius 2 is 0.857 bits per heavy atom. The van der Waals surface area contributed by atoms with Crippen molar-refractivity contribution in [1.29, 1.82) is 0 Å². The highest BCUT2D eigenvalue weighted by Gasteiger charge is 2.15. The van der Waals surface area contributed by atoms with Crippen LogP contribution < -0.4 is 0 Å². The van der Waals surface area contributed by atoms with Crippen LogP contribution in [0.1, 0.15) is 41.5 Å². The van der Waals surface area contributed by atoms with Gasteiger partial charge in [-0.25, -0.2) is 0 Å². The predicted molar refractivity (Wildman–Crippen MR) is 64.2 cm³/mol. The Bertz CT molecular complexity index is 171. The smallest absolute Gasteiger partial charge is 0.0309 e. The molecule has 14 heavy (non-hydrogen) atoms. The van der Waals surface area contributed by atoms with Crippen molar-refractivity contribution in [3.05, 3.63) is 12.4 Å². The first-order valence-electron chi connectivity index (χ1n) is 5.19. The van der Waals surface area contributed by atoms with E-state index in [1.807, 2.05) is 0 Å². The van der Waals surface area contributed by atoms with Crippen molar-refractivity contribution in [2.75, 3.05) is 14.1 Å². The third-order valence-corrected chi connectivity index (χ3v) is 2.63. The fourth-order valence-electron chi connectivity index (χ4n) is 0.647. The lowest BCUT2D eigenvalue weighted by Gasteiger charge is -2.34. The molecule has 0 aromatic rings. The van der Waals surface area contributed by atoms with Crippen LogP contribution in [-0.4, -0.2) is 35.0 Å². The lowest BCUT2D eigenvalue weighted by atomic mass is 10.1. The van der Waals surface area contributed by atoms with Gasteiger partial charge in [0.1, 0.15) is 0 Å². The SMILES string of the molecule is CN(/C=C\N(C)C(C)(C)C)C(C)(C)C. The summed E-state index contributed by atoms with van der Waals surface area (Å²) in [6.07, 6.45) is 4.26. The van der Waals surface area contributed by atoms with Crippen LogP contribution in [0, 0.1) is 0 Å². The Morgan fingerprint density at radius 1 is 0.643 bits per heavy atom. The van der Waals surface area contributed by atoms with Gasteiger partial charge in [0, 0.05) is 37.6 Å². The van der Waals surface area contributed by atoms with Crippen molar-refractivity contribution in [2.45, 2.75) is 52.6 Å². The van der Waals surface area contributed by atoms with E-state index in [0.29, 0.717) is 0 Å². The summed E-state index contributed by atoms with van der Waals surface area (Å²) in [4.78, 5) is 4.43. The van der Waals surface area contributed by atoms with Gasteiger partial charge in [-0.3, -0.25) is 0 Å². The second-order valence-electron chi connectivity index (χ2n) is 5.86. The van der Waals surface area contributed by atoms with Crippen LogP contribution in [-0.2, 0) is 0 Å². The fourth-order valence-corrected chi connectivity index (χ4v) is 0.647. The number of hydrogen-bond donors (Lipinski definition) is 0. The standard InChI is InChI=1S/C12H26N2/c1-11(2,3)13(7)9-10-14(8)12(4,5)6/h9-10H,1-8H3/b10-9-. The molecule has 0 unspecified atom stereocenters. The molecule has 0 aliphatic rings. The molecule has 2 nitrogen and oxygen atoms in total. The molecule has 0 rings (SSSR count). The molecule has 0 N–H and O–H groups in total. The largest absolute Gasteiger partial charge is 0.374 e. The zero-order valence-corrected chi connectivity index (χ0v) is 11.0. The average molecular weight is 198 g/mol. The van der Waals surface area contributed by atoms with Crippen molar-refractivity contribution in [3.8, 4) is 0 Å². The molecule has 0 atom stereocenters. The van der Waals surface area contributed by atoms with E-state index >= 15 is 0 Å². The minimum Gasteiger partial charge on any atom is -0.374 e. The molecule has 0 saturated heterocycles. The molecular formula is C12H26N2. The fraction of sp³-hybridized carbons (Fsp3) is 0.833. The summed E-state index contributed by atoms with van der Waals surface area (Å²) < 4.78 is 0. The first-order valence-corrected chi connectivity index (χ1v) is 5.19. The summed E-state index contributed by atoms with van der Waals surface area (Å²) in [5.74, 6) is 0. The molecule has 0 aromatic heterocycles. The van der Waals surface area contributed by atoms with Crippen molar-refractivity contribution in [3.63, 3.8) is 0 Å². The summed E-state index contributed by atoms with van der Waals surface area (Å²) in [6, 6.07) is 0. The van der Waals surface area contributed by atoms with E-state index in [1.165, 1.54) is 0 Å². The summed E-state index contributed by atoms with van der Waals surface area (Å²) in [5, 5.41) is 0. The highest BCUT2D eigenvalue weighted by molar-refractivity contribution is 4.90. The highest BCUT2D eigenvalue weighted by atomic mass is 15.2. The molecule has 84 valence electrons. The van der Waals surface area contributed by atoms with Crippen LogP contribution in [0.25, 0.3) is 0 Å². The molecule has 0 spiro atoms. The third kappa shape index (κ3) is 4.54. The van der Waals surface area contributed by atoms with Crippen LogP contribution in [0.15, 0.2) is 12.4 Å². The molecule has 2 heteroatoms. The molecule has 0 heterocycles. The summed E-state index contributed by atoms with van der Waals surface area (Å²) in [5.41, 5.74) is 0.379. The Balaban J connectivity index is 4.32. The van der Waals surface area contributed by atoms with E-state index in [2.05, 4.69) is 77.8 Å². The monoisotopic (exact) mass is 198 g/mol. The quantitative estimate of drug-likeness (QED) is 0.673. The van der Waals surface area contributed by atoms with Gasteiger partial charge in [-0.15, -0.1) is 0 Å². The van der Waals surface area contributed by atoms with Crippen molar-refractivity contribution in [1.82, 2.24) is 9.80 Å². The Kier molecular flexibility index (Phi) is 4.04. The van der Waals surface area contributed by atoms with E-state index < -0.39 is 0 Å². The summed E-state index contributed by atoms with van der Waals surface area (Å²) >= 11 is 0. The number of hydrogen-bond acceptors (Lipinski definition) is 2. The minimum atomic E-state index is 0.190. The minimum absolute atomic E-state index is 0.190. The van der Waals surface area contributed by atoms with E-state index in [-0.39, 0.29) is 11.1 Å². The summed E-state index contributed by atoms with van der Waals surface area (Å²) in [6.45, 7) is 13.2. The Labute approximate surface area is 89.6 Å². The lowest BCUT2D eigenvalue weighted by molar-refractivity contribution is 0.222. The maximum atomic E-state index is 2.22. The van der Waals surface area contributed by atoms with E-state index in [1.54, 1.807) is 0 Å². The van der Waals surface area contributed by atoms with Gasteiger partial charge in [-0.1, -0.05) is 0 Å². The van der Waals surface area contributed by atoms with E-state index in [4.69, 9.17) is 0 Å². The van der Waals surface area contributed by atoms with Gasteiger partial charge in [0.15, 0.2) is 0 Å². The van der Waals surface area contributed by atoms with Crippen molar-refractivity contribution in [2.24, 2.45) is 0 Å². The third-order valence-electron chi connectivity index (χ3n) is 2.63. The Hall–Kier alpha value is -0.660. The van der Waals surface area contributed by atoms with Crippen LogP contribution in [0.5, 0.6) is 0 Å². The molecule has 0 aromatic carbocycles. The second-order valence-corrected chi connectivity index (χ2v) is 5.86. The van der Waals surface area contributed by atoms with Crippen LogP contribution in [0.4, 0.5) is 0 Å². The molecular weight excluding hydrogens is 172 g/mol. The van der Waals surface area contributed by atoms with Gasteiger partial charge >= 0.3 is 0 Å². The van der Waals surface area contributed by atoms with Gasteiger partial charge in [0.05, 0.1) is 0 Å². The lowest BCUT2D eigenvalue weighted by Crippen LogP contribution is -2.37. The zero-order valence-electron chi connectivity index (χ0n) is 11.0. The van der Waals surface area contributed by atoms with Crippen molar-refractivity contribution < 1.29 is 0 Å². The van der Waals surface area contributed by atoms with Gasteiger partial charge in [-0.05, 0) is 41.5 Å². The van der Waals surface area contributed by atoms with Crippen LogP contribution in [0.3, 0.4) is 0 Å². The van der Waals surface area contributed by atoms with Crippen LogP contribution >= 0.6 is 0 Å². The summed E-state index contributed by atoms with van der Waals surface area (Å²) in [7, 11) is 4.21. The predicted octanol–water partition coefficient (Wildman–Crippen LogP) is 2.92. The molecule has 0 radical (unpaired) electrons. The topological polar surface area (TPSA) is 6.48 Å². The zero-order chi connectivity index (χ0) is 11.6. The maximum absolute atomic E-state index is 2.22. The molecule has 0 aliphatic heterocycles. The molecule has 0 bridgehead atoms. The first-order chi connectivity index (χ1) is 6.05. The van der Waals surface area contributed by atoms with Gasteiger partial charge < -0.3 is 9.80 Å². The Morgan fingerprint density at radius 3 is 1.00 bits per heavy atom. The van der Waals surface area contributed by atoms with Gasteiger partial charge in [0.2, 0.25) is 0 Å². The normalized spacial score (nSPS) is 13.4. The van der Waals surface area contributed by atoms with Crippen LogP contribution in [0.2, 0.25) is 0 Å². The molecule has 0 aliphatic carbocycles. The van der Waals surface area contributed by atoms with Gasteiger partial charge in [0.25, 0.3) is 0 Å². The first kappa shape index (κ1) is 13.3. The van der Waals surface area contributed by atoms with E-state index in [0.717, 1.165) is 0 Å². The number of rotatable bonds is 2. The molecule has 0 amide bonds. The van der Waals surface area contributed by atoms with Gasteiger partial charge in [-0.2, -0.15) is 0 Å². The molecule has 0 fully saturated rings. The van der Waals surface area contributed by atoms with Crippen molar-refractivity contribution >= 4 is 0 Å². The average Bonchev–Trinajstić information content (AvgIpc) is 1.95. The number of nitrogens with zero attached hydrogens (tertiary/aromatic N) is 2.